The van der Waals surface area contributed by atoms with Crippen molar-refractivity contribution in [3.8, 4) is 6.01 Å². The van der Waals surface area contributed by atoms with E-state index in [2.05, 4.69) is 25.0 Å². The van der Waals surface area contributed by atoms with Crippen LogP contribution in [-0.4, -0.2) is 110 Å². The van der Waals surface area contributed by atoms with Gasteiger partial charge in [0.2, 0.25) is 5.82 Å². The van der Waals surface area contributed by atoms with E-state index < -0.39 is 61.2 Å². The SMILES string of the molecule is C[C@@]1(F)[C@H](O)[C@@H](CO)O[C@H]1n1cnc2c(N)nc(OC[C@H]3O[C@@H](n4cnc(C(N)=O)n4)[C@H](O)[C@@H]3O)nc21. The van der Waals surface area contributed by atoms with Gasteiger partial charge in [-0.1, -0.05) is 0 Å². The van der Waals surface area contributed by atoms with Gasteiger partial charge in [0.15, 0.2) is 35.1 Å². The quantitative estimate of drug-likeness (QED) is 0.177. The van der Waals surface area contributed by atoms with Crippen molar-refractivity contribution in [2.24, 2.45) is 5.73 Å². The standard InChI is InChI=1S/C19H24FN9O8/c1-19(20)11(33)6(2-30)37-17(19)28-4-23-8-12(21)25-18(26-15(8)28)35-3-7-9(31)10(32)16(36-7)29-5-24-14(27-29)13(22)34/h4-7,9-11,16-17,30-33H,2-3H2,1H3,(H2,22,34)(H2,21,25,26)/t6-,7-,9-,10-,11-,16-,17-,19-/m1/s1. The second-order valence-corrected chi connectivity index (χ2v) is 8.79. The van der Waals surface area contributed by atoms with Crippen LogP contribution in [0.5, 0.6) is 6.01 Å². The summed E-state index contributed by atoms with van der Waals surface area (Å²) < 4.78 is 34.2. The lowest BCUT2D eigenvalue weighted by Crippen LogP contribution is -2.40. The Morgan fingerprint density at radius 2 is 1.95 bits per heavy atom. The maximum absolute atomic E-state index is 15.3. The average Bonchev–Trinajstić information content (AvgIpc) is 3.61. The van der Waals surface area contributed by atoms with Crippen LogP contribution in [0.4, 0.5) is 10.2 Å². The molecule has 0 radical (unpaired) electrons. The molecule has 2 saturated heterocycles. The first kappa shape index (κ1) is 25.1. The Hall–Kier alpha value is -3.55. The number of hydrogen-bond acceptors (Lipinski definition) is 14. The van der Waals surface area contributed by atoms with Crippen LogP contribution in [0.2, 0.25) is 0 Å². The molecule has 5 rings (SSSR count). The van der Waals surface area contributed by atoms with Gasteiger partial charge >= 0.3 is 6.01 Å². The van der Waals surface area contributed by atoms with Crippen molar-refractivity contribution in [1.29, 1.82) is 0 Å². The summed E-state index contributed by atoms with van der Waals surface area (Å²) >= 11 is 0. The number of anilines is 1. The second kappa shape index (κ2) is 9.08. The van der Waals surface area contributed by atoms with Crippen LogP contribution >= 0.6 is 0 Å². The number of nitrogens with zero attached hydrogens (tertiary/aromatic N) is 7. The number of alkyl halides is 1. The van der Waals surface area contributed by atoms with Crippen molar-refractivity contribution in [2.75, 3.05) is 18.9 Å². The summed E-state index contributed by atoms with van der Waals surface area (Å²) in [6.07, 6.45) is -6.99. The molecule has 8 atom stereocenters. The fourth-order valence-electron chi connectivity index (χ4n) is 4.27. The predicted molar refractivity (Wildman–Crippen MR) is 116 cm³/mol. The number of primary amides is 1. The number of imidazole rings is 1. The van der Waals surface area contributed by atoms with Crippen molar-refractivity contribution in [3.05, 3.63) is 18.5 Å². The molecule has 2 aliphatic heterocycles. The number of rotatable bonds is 7. The zero-order valence-electron chi connectivity index (χ0n) is 19.2. The molecule has 3 aromatic rings. The Kier molecular flexibility index (Phi) is 6.16. The monoisotopic (exact) mass is 525 g/mol. The molecule has 0 saturated carbocycles. The molecule has 0 spiro atoms. The minimum absolute atomic E-state index is 0.0227. The molecule has 37 heavy (non-hydrogen) atoms. The topological polar surface area (TPSA) is 252 Å². The molecule has 2 aliphatic rings. The number of hydrogen-bond donors (Lipinski definition) is 6. The summed E-state index contributed by atoms with van der Waals surface area (Å²) in [7, 11) is 0. The van der Waals surface area contributed by atoms with Gasteiger partial charge < -0.3 is 46.1 Å². The largest absolute Gasteiger partial charge is 0.460 e. The molecule has 0 unspecified atom stereocenters. The number of carbonyl (C=O) groups is 1. The molecule has 2 fully saturated rings. The van der Waals surface area contributed by atoms with E-state index in [0.29, 0.717) is 0 Å². The van der Waals surface area contributed by atoms with E-state index in [1.807, 2.05) is 0 Å². The van der Waals surface area contributed by atoms with Gasteiger partial charge in [0, 0.05) is 0 Å². The third kappa shape index (κ3) is 4.12. The van der Waals surface area contributed by atoms with E-state index in [9.17, 15) is 25.2 Å². The number of ether oxygens (including phenoxy) is 3. The first-order valence-corrected chi connectivity index (χ1v) is 11.0. The number of halogens is 1. The van der Waals surface area contributed by atoms with Crippen LogP contribution in [-0.2, 0) is 9.47 Å². The Morgan fingerprint density at radius 1 is 1.19 bits per heavy atom. The van der Waals surface area contributed by atoms with Gasteiger partial charge in [-0.25, -0.2) is 19.0 Å². The molecular formula is C19H24FN9O8. The zero-order chi connectivity index (χ0) is 26.6. The molecule has 5 heterocycles. The number of fused-ring (bicyclic) bond motifs is 1. The lowest BCUT2D eigenvalue weighted by Gasteiger charge is -2.24. The van der Waals surface area contributed by atoms with Gasteiger partial charge in [0.1, 0.15) is 43.5 Å². The summed E-state index contributed by atoms with van der Waals surface area (Å²) in [6, 6.07) is -0.282. The number of aliphatic hydroxyl groups is 4. The van der Waals surface area contributed by atoms with E-state index >= 15 is 4.39 Å². The number of nitrogens with two attached hydrogens (primary N) is 2. The van der Waals surface area contributed by atoms with E-state index in [1.165, 1.54) is 10.9 Å². The average molecular weight is 525 g/mol. The van der Waals surface area contributed by atoms with Crippen LogP contribution in [0.25, 0.3) is 11.2 Å². The number of carbonyl (C=O) groups excluding carboxylic acids is 1. The smallest absolute Gasteiger partial charge is 0.320 e. The Balaban J connectivity index is 1.35. The van der Waals surface area contributed by atoms with Gasteiger partial charge in [0.05, 0.1) is 12.9 Å². The molecule has 3 aromatic heterocycles. The molecular weight excluding hydrogens is 501 g/mol. The van der Waals surface area contributed by atoms with Crippen LogP contribution in [0, 0.1) is 0 Å². The summed E-state index contributed by atoms with van der Waals surface area (Å²) in [6.45, 7) is 0.162. The molecule has 0 bridgehead atoms. The molecule has 8 N–H and O–H groups in total. The highest BCUT2D eigenvalue weighted by molar-refractivity contribution is 5.88. The number of nitrogen functional groups attached to an aromatic ring is 1. The highest BCUT2D eigenvalue weighted by Crippen LogP contribution is 2.42. The van der Waals surface area contributed by atoms with Crippen molar-refractivity contribution >= 4 is 22.9 Å². The third-order valence-corrected chi connectivity index (χ3v) is 6.28. The minimum Gasteiger partial charge on any atom is -0.460 e. The maximum Gasteiger partial charge on any atom is 0.320 e. The van der Waals surface area contributed by atoms with E-state index in [4.69, 9.17) is 25.7 Å². The van der Waals surface area contributed by atoms with Crippen LogP contribution in [0.3, 0.4) is 0 Å². The molecule has 200 valence electrons. The summed E-state index contributed by atoms with van der Waals surface area (Å²) in [4.78, 5) is 27.2. The van der Waals surface area contributed by atoms with Gasteiger partial charge in [-0.05, 0) is 6.92 Å². The summed E-state index contributed by atoms with van der Waals surface area (Å²) in [5.41, 5.74) is 8.92. The van der Waals surface area contributed by atoms with E-state index in [1.54, 1.807) is 0 Å². The zero-order valence-corrected chi connectivity index (χ0v) is 19.2. The number of aliphatic hydroxyl groups excluding tert-OH is 4. The Bertz CT molecular complexity index is 1320. The molecule has 18 heteroatoms. The van der Waals surface area contributed by atoms with Crippen LogP contribution < -0.4 is 16.2 Å². The van der Waals surface area contributed by atoms with Gasteiger partial charge in [-0.15, -0.1) is 5.10 Å². The summed E-state index contributed by atoms with van der Waals surface area (Å²) in [5, 5.41) is 44.2. The predicted octanol–water partition coefficient (Wildman–Crippen LogP) is -3.22. The van der Waals surface area contributed by atoms with Gasteiger partial charge in [-0.3, -0.25) is 9.36 Å². The van der Waals surface area contributed by atoms with Crippen LogP contribution in [0.1, 0.15) is 30.0 Å². The van der Waals surface area contributed by atoms with Gasteiger partial charge in [0.25, 0.3) is 5.91 Å². The minimum atomic E-state index is -2.30. The molecule has 17 nitrogen and oxygen atoms in total. The lowest BCUT2D eigenvalue weighted by molar-refractivity contribution is -0.0574. The normalized spacial score (nSPS) is 33.8. The summed E-state index contributed by atoms with van der Waals surface area (Å²) in [5.74, 6) is -1.29. The second-order valence-electron chi connectivity index (χ2n) is 8.79. The fraction of sp³-hybridized carbons (Fsp3) is 0.579. The first-order chi connectivity index (χ1) is 17.5. The van der Waals surface area contributed by atoms with Crippen molar-refractivity contribution in [3.63, 3.8) is 0 Å². The first-order valence-electron chi connectivity index (χ1n) is 11.0. The molecule has 0 aromatic carbocycles. The lowest BCUT2D eigenvalue weighted by atomic mass is 9.98. The molecule has 0 aliphatic carbocycles. The van der Waals surface area contributed by atoms with Gasteiger partial charge in [-0.2, -0.15) is 9.97 Å². The van der Waals surface area contributed by atoms with Crippen molar-refractivity contribution in [2.45, 2.75) is 55.6 Å². The van der Waals surface area contributed by atoms with Crippen LogP contribution in [0.15, 0.2) is 12.7 Å². The fourth-order valence-corrected chi connectivity index (χ4v) is 4.27. The van der Waals surface area contributed by atoms with E-state index in [-0.39, 0.29) is 35.4 Å². The van der Waals surface area contributed by atoms with E-state index in [0.717, 1.165) is 17.9 Å². The number of aromatic nitrogens is 7. The third-order valence-electron chi connectivity index (χ3n) is 6.28. The number of amides is 1. The van der Waals surface area contributed by atoms with Crippen molar-refractivity contribution in [1.82, 2.24) is 34.3 Å². The Morgan fingerprint density at radius 3 is 2.59 bits per heavy atom. The highest BCUT2D eigenvalue weighted by Gasteiger charge is 2.55. The maximum atomic E-state index is 15.3. The van der Waals surface area contributed by atoms with Crippen molar-refractivity contribution < 1.29 is 43.8 Å². The molecule has 1 amide bonds. The Labute approximate surface area is 206 Å². The highest BCUT2D eigenvalue weighted by atomic mass is 19.1.